The Morgan fingerprint density at radius 1 is 1.26 bits per heavy atom. The molecule has 0 spiro atoms. The monoisotopic (exact) mass is 317 g/mol. The summed E-state index contributed by atoms with van der Waals surface area (Å²) in [4.78, 5) is 12.3. The Bertz CT molecular complexity index is 662. The highest BCUT2D eigenvalue weighted by atomic mass is 16.5. The van der Waals surface area contributed by atoms with Crippen LogP contribution in [0.3, 0.4) is 0 Å². The molecule has 0 aliphatic heterocycles. The average molecular weight is 317 g/mol. The Morgan fingerprint density at radius 3 is 2.52 bits per heavy atom. The minimum absolute atomic E-state index is 0.331. The third kappa shape index (κ3) is 3.83. The van der Waals surface area contributed by atoms with Crippen molar-refractivity contribution >= 4 is 11.7 Å². The lowest BCUT2D eigenvalue weighted by Crippen LogP contribution is -2.16. The predicted octanol–water partition coefficient (Wildman–Crippen LogP) is 2.86. The third-order valence-corrected chi connectivity index (χ3v) is 3.44. The molecule has 0 radical (unpaired) electrons. The Morgan fingerprint density at radius 2 is 1.96 bits per heavy atom. The molecule has 0 saturated heterocycles. The summed E-state index contributed by atoms with van der Waals surface area (Å²) in [6, 6.07) is 7.69. The number of anilines is 1. The van der Waals surface area contributed by atoms with Crippen LogP contribution >= 0.6 is 0 Å². The van der Waals surface area contributed by atoms with Crippen molar-refractivity contribution in [1.29, 1.82) is 0 Å². The molecular weight excluding hydrogens is 294 g/mol. The standard InChI is InChI=1S/C17H23N3O3/c1-5-18-15-12(3)19-20(16(15)17(21)23-6-2)11-13-7-9-14(22-4)10-8-13/h7-10,18H,5-6,11H2,1-4H3. The van der Waals surface area contributed by atoms with Gasteiger partial charge < -0.3 is 14.8 Å². The molecule has 0 amide bonds. The molecular formula is C17H23N3O3. The van der Waals surface area contributed by atoms with Crippen LogP contribution in [0, 0.1) is 6.92 Å². The summed E-state index contributed by atoms with van der Waals surface area (Å²) in [5, 5.41) is 7.70. The zero-order valence-corrected chi connectivity index (χ0v) is 14.0. The number of aromatic nitrogens is 2. The van der Waals surface area contributed by atoms with E-state index < -0.39 is 0 Å². The van der Waals surface area contributed by atoms with Crippen molar-refractivity contribution in [3.8, 4) is 5.75 Å². The Hall–Kier alpha value is -2.50. The molecule has 0 bridgehead atoms. The van der Waals surface area contributed by atoms with Crippen LogP contribution in [-0.4, -0.2) is 36.0 Å². The maximum atomic E-state index is 12.3. The van der Waals surface area contributed by atoms with Gasteiger partial charge in [0, 0.05) is 6.54 Å². The fourth-order valence-electron chi connectivity index (χ4n) is 2.40. The van der Waals surface area contributed by atoms with Gasteiger partial charge in [-0.15, -0.1) is 0 Å². The second kappa shape index (κ2) is 7.67. The minimum atomic E-state index is -0.363. The van der Waals surface area contributed by atoms with Crippen molar-refractivity contribution in [1.82, 2.24) is 9.78 Å². The van der Waals surface area contributed by atoms with Crippen LogP contribution < -0.4 is 10.1 Å². The molecule has 0 aliphatic rings. The number of aryl methyl sites for hydroxylation is 1. The first-order valence-corrected chi connectivity index (χ1v) is 7.72. The molecule has 2 rings (SSSR count). The van der Waals surface area contributed by atoms with Gasteiger partial charge in [-0.2, -0.15) is 5.10 Å². The highest BCUT2D eigenvalue weighted by Crippen LogP contribution is 2.23. The lowest BCUT2D eigenvalue weighted by Gasteiger charge is -2.10. The van der Waals surface area contributed by atoms with Gasteiger partial charge in [0.25, 0.3) is 0 Å². The van der Waals surface area contributed by atoms with Crippen molar-refractivity contribution in [3.63, 3.8) is 0 Å². The summed E-state index contributed by atoms with van der Waals surface area (Å²) >= 11 is 0. The van der Waals surface area contributed by atoms with Crippen LogP contribution in [0.2, 0.25) is 0 Å². The van der Waals surface area contributed by atoms with Gasteiger partial charge >= 0.3 is 5.97 Å². The molecule has 0 atom stereocenters. The lowest BCUT2D eigenvalue weighted by molar-refractivity contribution is 0.0514. The molecule has 6 nitrogen and oxygen atoms in total. The molecule has 0 fully saturated rings. The van der Waals surface area contributed by atoms with Crippen molar-refractivity contribution < 1.29 is 14.3 Å². The van der Waals surface area contributed by atoms with E-state index in [0.29, 0.717) is 25.4 Å². The first-order valence-electron chi connectivity index (χ1n) is 7.72. The molecule has 23 heavy (non-hydrogen) atoms. The lowest BCUT2D eigenvalue weighted by atomic mass is 10.2. The number of methoxy groups -OCH3 is 1. The van der Waals surface area contributed by atoms with Gasteiger partial charge in [0.05, 0.1) is 31.6 Å². The summed E-state index contributed by atoms with van der Waals surface area (Å²) in [5.41, 5.74) is 3.01. The maximum Gasteiger partial charge on any atom is 0.358 e. The summed E-state index contributed by atoms with van der Waals surface area (Å²) in [6.07, 6.45) is 0. The number of hydrogen-bond donors (Lipinski definition) is 1. The fraction of sp³-hybridized carbons (Fsp3) is 0.412. The van der Waals surface area contributed by atoms with E-state index in [2.05, 4.69) is 10.4 Å². The fourth-order valence-corrected chi connectivity index (χ4v) is 2.40. The molecule has 6 heteroatoms. The largest absolute Gasteiger partial charge is 0.497 e. The number of esters is 1. The van der Waals surface area contributed by atoms with Gasteiger partial charge in [0.15, 0.2) is 5.69 Å². The molecule has 0 aliphatic carbocycles. The molecule has 1 heterocycles. The van der Waals surface area contributed by atoms with Crippen LogP contribution in [0.15, 0.2) is 24.3 Å². The van der Waals surface area contributed by atoms with Gasteiger partial charge in [-0.25, -0.2) is 4.79 Å². The summed E-state index contributed by atoms with van der Waals surface area (Å²) < 4.78 is 12.0. The van der Waals surface area contributed by atoms with E-state index in [-0.39, 0.29) is 5.97 Å². The van der Waals surface area contributed by atoms with E-state index in [4.69, 9.17) is 9.47 Å². The highest BCUT2D eigenvalue weighted by molar-refractivity contribution is 5.94. The number of nitrogens with one attached hydrogen (secondary N) is 1. The first kappa shape index (κ1) is 16.9. The van der Waals surface area contributed by atoms with E-state index >= 15 is 0 Å². The van der Waals surface area contributed by atoms with E-state index in [0.717, 1.165) is 22.7 Å². The predicted molar refractivity (Wildman–Crippen MR) is 89.2 cm³/mol. The molecule has 1 N–H and O–H groups in total. The maximum absolute atomic E-state index is 12.3. The number of carbonyl (C=O) groups is 1. The molecule has 0 saturated carbocycles. The highest BCUT2D eigenvalue weighted by Gasteiger charge is 2.22. The van der Waals surface area contributed by atoms with Crippen molar-refractivity contribution in [2.45, 2.75) is 27.3 Å². The summed E-state index contributed by atoms with van der Waals surface area (Å²) in [7, 11) is 1.63. The molecule has 1 aromatic carbocycles. The molecule has 0 unspecified atom stereocenters. The van der Waals surface area contributed by atoms with Crippen LogP contribution in [-0.2, 0) is 11.3 Å². The summed E-state index contributed by atoms with van der Waals surface area (Å²) in [5.74, 6) is 0.432. The van der Waals surface area contributed by atoms with E-state index in [1.165, 1.54) is 0 Å². The Labute approximate surface area is 136 Å². The van der Waals surface area contributed by atoms with Gasteiger partial charge in [-0.1, -0.05) is 12.1 Å². The average Bonchev–Trinajstić information content (AvgIpc) is 2.84. The smallest absolute Gasteiger partial charge is 0.358 e. The molecule has 124 valence electrons. The van der Waals surface area contributed by atoms with E-state index in [1.54, 1.807) is 18.7 Å². The zero-order chi connectivity index (χ0) is 16.8. The van der Waals surface area contributed by atoms with Crippen molar-refractivity contribution in [3.05, 3.63) is 41.2 Å². The number of ether oxygens (including phenoxy) is 2. The van der Waals surface area contributed by atoms with Gasteiger partial charge in [-0.05, 0) is 38.5 Å². The van der Waals surface area contributed by atoms with Crippen molar-refractivity contribution in [2.75, 3.05) is 25.6 Å². The Kier molecular flexibility index (Phi) is 5.62. The SMILES string of the molecule is CCNc1c(C)nn(Cc2ccc(OC)cc2)c1C(=O)OCC. The zero-order valence-electron chi connectivity index (χ0n) is 14.0. The number of nitrogens with zero attached hydrogens (tertiary/aromatic N) is 2. The third-order valence-electron chi connectivity index (χ3n) is 3.44. The quantitative estimate of drug-likeness (QED) is 0.796. The van der Waals surface area contributed by atoms with E-state index in [9.17, 15) is 4.79 Å². The van der Waals surface area contributed by atoms with Gasteiger partial charge in [0.2, 0.25) is 0 Å². The minimum Gasteiger partial charge on any atom is -0.497 e. The second-order valence-corrected chi connectivity index (χ2v) is 5.07. The number of carbonyl (C=O) groups excluding carboxylic acids is 1. The van der Waals surface area contributed by atoms with Crippen LogP contribution in [0.25, 0.3) is 0 Å². The number of hydrogen-bond acceptors (Lipinski definition) is 5. The summed E-state index contributed by atoms with van der Waals surface area (Å²) in [6.45, 7) is 7.19. The number of benzene rings is 1. The van der Waals surface area contributed by atoms with Crippen LogP contribution in [0.4, 0.5) is 5.69 Å². The Balaban J connectivity index is 2.35. The second-order valence-electron chi connectivity index (χ2n) is 5.07. The topological polar surface area (TPSA) is 65.4 Å². The molecule has 2 aromatic rings. The normalized spacial score (nSPS) is 10.4. The van der Waals surface area contributed by atoms with Gasteiger partial charge in [-0.3, -0.25) is 4.68 Å². The van der Waals surface area contributed by atoms with Crippen LogP contribution in [0.5, 0.6) is 5.75 Å². The van der Waals surface area contributed by atoms with Gasteiger partial charge in [0.1, 0.15) is 5.75 Å². The van der Waals surface area contributed by atoms with E-state index in [1.807, 2.05) is 38.1 Å². The van der Waals surface area contributed by atoms with Crippen molar-refractivity contribution in [2.24, 2.45) is 0 Å². The first-order chi connectivity index (χ1) is 11.1. The molecule has 1 aromatic heterocycles. The van der Waals surface area contributed by atoms with Crippen LogP contribution in [0.1, 0.15) is 35.6 Å². The number of rotatable bonds is 7.